The maximum absolute atomic E-state index is 12.6. The van der Waals surface area contributed by atoms with Gasteiger partial charge >= 0.3 is 5.97 Å². The fraction of sp³-hybridized carbons (Fsp3) is 0.0455. The number of esters is 1. The molecule has 4 aromatic rings. The summed E-state index contributed by atoms with van der Waals surface area (Å²) in [6, 6.07) is 20.8. The lowest BCUT2D eigenvalue weighted by atomic mass is 10.2. The molecule has 0 unspecified atom stereocenters. The number of carbonyl (C=O) groups is 1. The highest BCUT2D eigenvalue weighted by atomic mass is 79.9. The smallest absolute Gasteiger partial charge is 0.342 e. The van der Waals surface area contributed by atoms with Gasteiger partial charge in [-0.05, 0) is 52.3 Å². The first-order chi connectivity index (χ1) is 14.1. The second kappa shape index (κ2) is 8.28. The molecule has 0 bridgehead atoms. The van der Waals surface area contributed by atoms with Gasteiger partial charge in [-0.15, -0.1) is 0 Å². The van der Waals surface area contributed by atoms with E-state index in [0.29, 0.717) is 22.8 Å². The van der Waals surface area contributed by atoms with Crippen LogP contribution in [0, 0.1) is 0 Å². The molecule has 0 atom stereocenters. The Kier molecular flexibility index (Phi) is 5.39. The van der Waals surface area contributed by atoms with E-state index in [1.165, 1.54) is 10.5 Å². The Morgan fingerprint density at radius 2 is 1.76 bits per heavy atom. The minimum Gasteiger partial charge on any atom is -0.456 e. The summed E-state index contributed by atoms with van der Waals surface area (Å²) in [5.41, 5.74) is 0.875. The van der Waals surface area contributed by atoms with Crippen LogP contribution in [0.15, 0.2) is 88.3 Å². The van der Waals surface area contributed by atoms with Crippen molar-refractivity contribution < 1.29 is 14.3 Å². The molecular formula is C22H15BrN2O4. The number of fused-ring (bicyclic) bond motifs is 1. The summed E-state index contributed by atoms with van der Waals surface area (Å²) in [5, 5.41) is 0. The maximum atomic E-state index is 12.6. The molecule has 0 saturated carbocycles. The van der Waals surface area contributed by atoms with Crippen LogP contribution in [0.3, 0.4) is 0 Å². The van der Waals surface area contributed by atoms with Crippen molar-refractivity contribution in [1.29, 1.82) is 0 Å². The number of hydrogen-bond acceptors (Lipinski definition) is 5. The minimum atomic E-state index is -0.561. The summed E-state index contributed by atoms with van der Waals surface area (Å²) in [6.07, 6.45) is 1.64. The summed E-state index contributed by atoms with van der Waals surface area (Å²) in [6.45, 7) is -0.125. The normalized spacial score (nSPS) is 10.7. The Labute approximate surface area is 174 Å². The van der Waals surface area contributed by atoms with Crippen LogP contribution >= 0.6 is 15.9 Å². The lowest BCUT2D eigenvalue weighted by molar-refractivity contribution is 0.0465. The standard InChI is InChI=1S/C22H15BrN2O4/c23-15-10-11-20-24-16(12-21(26)25(20)13-15)14-28-22(27)18-8-4-5-9-19(18)29-17-6-2-1-3-7-17/h1-13H,14H2. The van der Waals surface area contributed by atoms with Crippen molar-refractivity contribution in [2.45, 2.75) is 6.61 Å². The van der Waals surface area contributed by atoms with E-state index in [-0.39, 0.29) is 17.7 Å². The molecule has 2 heterocycles. The van der Waals surface area contributed by atoms with Gasteiger partial charge < -0.3 is 9.47 Å². The van der Waals surface area contributed by atoms with E-state index in [1.54, 1.807) is 54.7 Å². The molecule has 6 nitrogen and oxygen atoms in total. The third kappa shape index (κ3) is 4.35. The van der Waals surface area contributed by atoms with Crippen molar-refractivity contribution in [1.82, 2.24) is 9.38 Å². The maximum Gasteiger partial charge on any atom is 0.342 e. The van der Waals surface area contributed by atoms with E-state index in [2.05, 4.69) is 20.9 Å². The van der Waals surface area contributed by atoms with E-state index in [9.17, 15) is 9.59 Å². The van der Waals surface area contributed by atoms with Crippen LogP contribution in [0.1, 0.15) is 16.1 Å². The third-order valence-electron chi connectivity index (χ3n) is 4.11. The zero-order valence-corrected chi connectivity index (χ0v) is 16.7. The first-order valence-corrected chi connectivity index (χ1v) is 9.56. The number of benzene rings is 2. The van der Waals surface area contributed by atoms with E-state index in [4.69, 9.17) is 9.47 Å². The molecule has 7 heteroatoms. The van der Waals surface area contributed by atoms with Gasteiger partial charge in [-0.1, -0.05) is 30.3 Å². The predicted molar refractivity (Wildman–Crippen MR) is 111 cm³/mol. The first-order valence-electron chi connectivity index (χ1n) is 8.77. The Balaban J connectivity index is 1.53. The lowest BCUT2D eigenvalue weighted by Crippen LogP contribution is -2.16. The molecule has 0 amide bonds. The summed E-state index contributed by atoms with van der Waals surface area (Å²) < 4.78 is 13.4. The number of ether oxygens (including phenoxy) is 2. The zero-order chi connectivity index (χ0) is 20.2. The molecule has 0 aliphatic rings. The van der Waals surface area contributed by atoms with Gasteiger partial charge in [0.15, 0.2) is 0 Å². The number of aromatic nitrogens is 2. The lowest BCUT2D eigenvalue weighted by Gasteiger charge is -2.11. The second-order valence-electron chi connectivity index (χ2n) is 6.15. The highest BCUT2D eigenvalue weighted by molar-refractivity contribution is 9.10. The second-order valence-corrected chi connectivity index (χ2v) is 7.06. The van der Waals surface area contributed by atoms with Gasteiger partial charge in [0.25, 0.3) is 5.56 Å². The van der Waals surface area contributed by atoms with Crippen LogP contribution in [0.4, 0.5) is 0 Å². The molecule has 0 aliphatic heterocycles. The molecule has 0 aliphatic carbocycles. The Morgan fingerprint density at radius 3 is 2.59 bits per heavy atom. The summed E-state index contributed by atoms with van der Waals surface area (Å²) in [5.74, 6) is 0.442. The van der Waals surface area contributed by atoms with E-state index in [0.717, 1.165) is 4.47 Å². The average Bonchev–Trinajstić information content (AvgIpc) is 2.74. The molecule has 144 valence electrons. The van der Waals surface area contributed by atoms with Crippen molar-refractivity contribution in [2.75, 3.05) is 0 Å². The van der Waals surface area contributed by atoms with Crippen molar-refractivity contribution in [2.24, 2.45) is 0 Å². The number of hydrogen-bond donors (Lipinski definition) is 0. The van der Waals surface area contributed by atoms with Gasteiger partial charge in [-0.2, -0.15) is 0 Å². The Bertz CT molecular complexity index is 1240. The van der Waals surface area contributed by atoms with E-state index in [1.807, 2.05) is 18.2 Å². The molecule has 0 spiro atoms. The molecule has 0 N–H and O–H groups in total. The van der Waals surface area contributed by atoms with Crippen molar-refractivity contribution in [3.8, 4) is 11.5 Å². The fourth-order valence-electron chi connectivity index (χ4n) is 2.76. The predicted octanol–water partition coefficient (Wildman–Crippen LogP) is 4.61. The zero-order valence-electron chi connectivity index (χ0n) is 15.1. The number of para-hydroxylation sites is 2. The van der Waals surface area contributed by atoms with Gasteiger partial charge in [0, 0.05) is 16.7 Å². The fourth-order valence-corrected chi connectivity index (χ4v) is 3.09. The molecule has 2 aromatic carbocycles. The summed E-state index contributed by atoms with van der Waals surface area (Å²) in [4.78, 5) is 29.2. The van der Waals surface area contributed by atoms with Crippen molar-refractivity contribution >= 4 is 27.5 Å². The SMILES string of the molecule is O=C(OCc1cc(=O)n2cc(Br)ccc2n1)c1ccccc1Oc1ccccc1. The van der Waals surface area contributed by atoms with Gasteiger partial charge in [0.05, 0.1) is 5.69 Å². The quantitative estimate of drug-likeness (QED) is 0.415. The van der Waals surface area contributed by atoms with Gasteiger partial charge in [-0.3, -0.25) is 9.20 Å². The first kappa shape index (κ1) is 18.9. The number of rotatable bonds is 5. The monoisotopic (exact) mass is 450 g/mol. The van der Waals surface area contributed by atoms with Gasteiger partial charge in [0.1, 0.15) is 29.3 Å². The number of pyridine rings is 1. The van der Waals surface area contributed by atoms with Gasteiger partial charge in [0.2, 0.25) is 0 Å². The molecule has 4 rings (SSSR count). The van der Waals surface area contributed by atoms with Crippen LogP contribution in [-0.2, 0) is 11.3 Å². The molecule has 0 fully saturated rings. The summed E-state index contributed by atoms with van der Waals surface area (Å²) in [7, 11) is 0. The van der Waals surface area contributed by atoms with Crippen LogP contribution < -0.4 is 10.3 Å². The minimum absolute atomic E-state index is 0.125. The molecule has 0 saturated heterocycles. The molecular weight excluding hydrogens is 436 g/mol. The topological polar surface area (TPSA) is 69.9 Å². The Morgan fingerprint density at radius 1 is 1.00 bits per heavy atom. The molecule has 29 heavy (non-hydrogen) atoms. The van der Waals surface area contributed by atoms with E-state index < -0.39 is 5.97 Å². The van der Waals surface area contributed by atoms with Gasteiger partial charge in [-0.25, -0.2) is 9.78 Å². The molecule has 2 aromatic heterocycles. The molecule has 0 radical (unpaired) electrons. The number of carbonyl (C=O) groups excluding carboxylic acids is 1. The van der Waals surface area contributed by atoms with Crippen LogP contribution in [-0.4, -0.2) is 15.4 Å². The highest BCUT2D eigenvalue weighted by Gasteiger charge is 2.15. The largest absolute Gasteiger partial charge is 0.456 e. The average molecular weight is 451 g/mol. The highest BCUT2D eigenvalue weighted by Crippen LogP contribution is 2.25. The summed E-state index contributed by atoms with van der Waals surface area (Å²) >= 11 is 3.32. The number of halogens is 1. The van der Waals surface area contributed by atoms with E-state index >= 15 is 0 Å². The van der Waals surface area contributed by atoms with Crippen LogP contribution in [0.2, 0.25) is 0 Å². The number of nitrogens with zero attached hydrogens (tertiary/aromatic N) is 2. The van der Waals surface area contributed by atoms with Crippen LogP contribution in [0.25, 0.3) is 5.65 Å². The van der Waals surface area contributed by atoms with Crippen molar-refractivity contribution in [3.05, 3.63) is 105 Å². The van der Waals surface area contributed by atoms with Crippen molar-refractivity contribution in [3.63, 3.8) is 0 Å². The van der Waals surface area contributed by atoms with Crippen LogP contribution in [0.5, 0.6) is 11.5 Å². The Hall–Kier alpha value is -3.45. The third-order valence-corrected chi connectivity index (χ3v) is 4.57.